The lowest BCUT2D eigenvalue weighted by molar-refractivity contribution is -0.170. The van der Waals surface area contributed by atoms with Gasteiger partial charge in [-0.25, -0.2) is 9.59 Å². The van der Waals surface area contributed by atoms with E-state index in [9.17, 15) is 19.2 Å². The minimum atomic E-state index is -1.34. The van der Waals surface area contributed by atoms with Crippen LogP contribution in [0.25, 0.3) is 11.1 Å². The summed E-state index contributed by atoms with van der Waals surface area (Å²) in [6, 6.07) is 20.5. The molecule has 0 aromatic heterocycles. The van der Waals surface area contributed by atoms with E-state index in [0.29, 0.717) is 5.06 Å². The topological polar surface area (TPSA) is 102 Å². The van der Waals surface area contributed by atoms with Crippen molar-refractivity contribution < 1.29 is 28.8 Å². The highest BCUT2D eigenvalue weighted by atomic mass is 35.5. The van der Waals surface area contributed by atoms with Gasteiger partial charge in [0.15, 0.2) is 0 Å². The Kier molecular flexibility index (Phi) is 6.50. The van der Waals surface area contributed by atoms with Gasteiger partial charge in [0.25, 0.3) is 11.8 Å². The van der Waals surface area contributed by atoms with E-state index in [1.807, 2.05) is 48.5 Å². The first-order valence-electron chi connectivity index (χ1n) is 11.5. The number of carbonyl (C=O) groups excluding carboxylic acids is 4. The van der Waals surface area contributed by atoms with Crippen molar-refractivity contribution in [3.63, 3.8) is 0 Å². The fourth-order valence-electron chi connectivity index (χ4n) is 4.60. The van der Waals surface area contributed by atoms with Gasteiger partial charge in [-0.3, -0.25) is 9.59 Å². The number of carbonyl (C=O) groups is 4. The number of alkyl carbamates (subject to hydrolysis) is 1. The molecule has 37 heavy (non-hydrogen) atoms. The van der Waals surface area contributed by atoms with Gasteiger partial charge in [0.2, 0.25) is 0 Å². The summed E-state index contributed by atoms with van der Waals surface area (Å²) in [4.78, 5) is 55.7. The molecule has 1 aliphatic carbocycles. The summed E-state index contributed by atoms with van der Waals surface area (Å²) in [7, 11) is 0. The Labute approximate surface area is 217 Å². The molecule has 0 radical (unpaired) electrons. The predicted octanol–water partition coefficient (Wildman–Crippen LogP) is 4.79. The van der Waals surface area contributed by atoms with Gasteiger partial charge in [0.05, 0.1) is 11.1 Å². The number of benzene rings is 3. The highest BCUT2D eigenvalue weighted by Gasteiger charge is 2.40. The van der Waals surface area contributed by atoms with Crippen LogP contribution in [0.15, 0.2) is 84.4 Å². The lowest BCUT2D eigenvalue weighted by atomic mass is 9.98. The van der Waals surface area contributed by atoms with Gasteiger partial charge < -0.3 is 14.9 Å². The smallest absolute Gasteiger partial charge is 0.407 e. The number of imide groups is 1. The van der Waals surface area contributed by atoms with Crippen molar-refractivity contribution in [3.05, 3.63) is 107 Å². The number of halogens is 1. The molecular weight excluding hydrogens is 496 g/mol. The number of nitrogens with one attached hydrogen (secondary N) is 1. The Morgan fingerprint density at radius 1 is 0.865 bits per heavy atom. The molecule has 0 saturated heterocycles. The molecule has 1 N–H and O–H groups in total. The Morgan fingerprint density at radius 3 is 1.86 bits per heavy atom. The van der Waals surface area contributed by atoms with Crippen molar-refractivity contribution >= 4 is 35.5 Å². The maximum atomic E-state index is 12.9. The van der Waals surface area contributed by atoms with E-state index >= 15 is 0 Å². The largest absolute Gasteiger partial charge is 0.449 e. The first-order valence-corrected chi connectivity index (χ1v) is 11.9. The van der Waals surface area contributed by atoms with Crippen molar-refractivity contribution in [2.75, 3.05) is 6.61 Å². The van der Waals surface area contributed by atoms with Gasteiger partial charge in [0, 0.05) is 17.4 Å². The minimum Gasteiger partial charge on any atom is -0.449 e. The van der Waals surface area contributed by atoms with Crippen molar-refractivity contribution in [3.8, 4) is 11.1 Å². The molecule has 3 amide bonds. The average Bonchev–Trinajstić information content (AvgIpc) is 3.34. The Balaban J connectivity index is 1.26. The van der Waals surface area contributed by atoms with Crippen LogP contribution < -0.4 is 5.32 Å². The van der Waals surface area contributed by atoms with Gasteiger partial charge in [-0.15, -0.1) is 0 Å². The van der Waals surface area contributed by atoms with E-state index in [1.165, 1.54) is 12.1 Å². The lowest BCUT2D eigenvalue weighted by Crippen LogP contribution is -2.45. The standard InChI is InChI=1S/C28H21ClN2O6/c1-16(29)14-24(27(34)37-31-25(32)21-12-6-7-13-22(21)26(31)33)30-28(35)36-15-23-19-10-4-2-8-17(19)18-9-3-5-11-20(18)23/h2-13,23-24H,1,14-15H2,(H,30,35). The zero-order valence-electron chi connectivity index (χ0n) is 19.5. The number of hydrogen-bond donors (Lipinski definition) is 1. The quantitative estimate of drug-likeness (QED) is 0.453. The third-order valence-electron chi connectivity index (χ3n) is 6.28. The number of hydroxylamine groups is 2. The zero-order valence-corrected chi connectivity index (χ0v) is 20.2. The molecule has 1 heterocycles. The van der Waals surface area contributed by atoms with Crippen LogP contribution in [0.5, 0.6) is 0 Å². The SMILES string of the molecule is C=C(Cl)CC(NC(=O)OCC1c2ccccc2-c2ccccc21)C(=O)ON1C(=O)c2ccccc2C1=O. The molecule has 1 unspecified atom stereocenters. The predicted molar refractivity (Wildman–Crippen MR) is 135 cm³/mol. The van der Waals surface area contributed by atoms with Crippen LogP contribution in [0.1, 0.15) is 44.2 Å². The zero-order chi connectivity index (χ0) is 26.1. The van der Waals surface area contributed by atoms with Crippen LogP contribution in [-0.4, -0.2) is 41.6 Å². The number of ether oxygens (including phenoxy) is 1. The summed E-state index contributed by atoms with van der Waals surface area (Å²) < 4.78 is 5.49. The Hall–Kier alpha value is -4.43. The summed E-state index contributed by atoms with van der Waals surface area (Å²) in [6.45, 7) is 3.59. The van der Waals surface area contributed by atoms with Gasteiger partial charge >= 0.3 is 12.1 Å². The van der Waals surface area contributed by atoms with E-state index in [-0.39, 0.29) is 35.1 Å². The van der Waals surface area contributed by atoms with Gasteiger partial charge in [-0.1, -0.05) is 83.9 Å². The molecule has 5 rings (SSSR count). The van der Waals surface area contributed by atoms with Crippen molar-refractivity contribution in [2.45, 2.75) is 18.4 Å². The molecule has 1 atom stereocenters. The van der Waals surface area contributed by atoms with E-state index < -0.39 is 29.9 Å². The fourth-order valence-corrected chi connectivity index (χ4v) is 4.76. The number of amides is 3. The molecule has 0 fully saturated rings. The molecule has 186 valence electrons. The van der Waals surface area contributed by atoms with Crippen molar-refractivity contribution in [1.29, 1.82) is 0 Å². The molecule has 0 saturated carbocycles. The second-order valence-corrected chi connectivity index (χ2v) is 9.14. The number of rotatable bonds is 7. The van der Waals surface area contributed by atoms with Crippen molar-refractivity contribution in [1.82, 2.24) is 10.4 Å². The molecular formula is C28H21ClN2O6. The van der Waals surface area contributed by atoms with Crippen LogP contribution in [0.3, 0.4) is 0 Å². The van der Waals surface area contributed by atoms with Crippen LogP contribution in [-0.2, 0) is 14.4 Å². The third-order valence-corrected chi connectivity index (χ3v) is 6.44. The maximum absolute atomic E-state index is 12.9. The Morgan fingerprint density at radius 2 is 1.35 bits per heavy atom. The summed E-state index contributed by atoms with van der Waals surface area (Å²) in [5.74, 6) is -2.80. The molecule has 3 aromatic rings. The normalized spacial score (nSPS) is 14.5. The molecule has 1 aliphatic heterocycles. The van der Waals surface area contributed by atoms with Gasteiger partial charge in [0.1, 0.15) is 12.6 Å². The fraction of sp³-hybridized carbons (Fsp3) is 0.143. The number of nitrogens with zero attached hydrogens (tertiary/aromatic N) is 1. The van der Waals surface area contributed by atoms with E-state index in [2.05, 4.69) is 11.9 Å². The summed E-state index contributed by atoms with van der Waals surface area (Å²) in [5, 5.41) is 2.84. The van der Waals surface area contributed by atoms with Gasteiger partial charge in [-0.2, -0.15) is 0 Å². The Bertz CT molecular complexity index is 1370. The molecule has 0 spiro atoms. The maximum Gasteiger partial charge on any atom is 0.407 e. The van der Waals surface area contributed by atoms with Crippen LogP contribution in [0, 0.1) is 0 Å². The monoisotopic (exact) mass is 516 g/mol. The molecule has 9 heteroatoms. The molecule has 2 aliphatic rings. The lowest BCUT2D eigenvalue weighted by Gasteiger charge is -2.20. The summed E-state index contributed by atoms with van der Waals surface area (Å²) in [5.41, 5.74) is 4.45. The highest BCUT2D eigenvalue weighted by Crippen LogP contribution is 2.44. The third kappa shape index (κ3) is 4.59. The highest BCUT2D eigenvalue weighted by molar-refractivity contribution is 6.29. The number of fused-ring (bicyclic) bond motifs is 4. The van der Waals surface area contributed by atoms with Crippen molar-refractivity contribution in [2.24, 2.45) is 0 Å². The summed E-state index contributed by atoms with van der Waals surface area (Å²) in [6.07, 6.45) is -1.09. The van der Waals surface area contributed by atoms with Crippen LogP contribution >= 0.6 is 11.6 Å². The minimum absolute atomic E-state index is 0.0296. The van der Waals surface area contributed by atoms with Crippen LogP contribution in [0.4, 0.5) is 4.79 Å². The molecule has 0 bridgehead atoms. The molecule has 3 aromatic carbocycles. The summed E-state index contributed by atoms with van der Waals surface area (Å²) >= 11 is 5.90. The van der Waals surface area contributed by atoms with Crippen LogP contribution in [0.2, 0.25) is 0 Å². The second-order valence-electron chi connectivity index (χ2n) is 8.60. The second kappa shape index (κ2) is 9.91. The average molecular weight is 517 g/mol. The first-order chi connectivity index (χ1) is 17.8. The van der Waals surface area contributed by atoms with E-state index in [4.69, 9.17) is 21.2 Å². The van der Waals surface area contributed by atoms with E-state index in [0.717, 1.165) is 22.3 Å². The first kappa shape index (κ1) is 24.3. The molecule has 8 nitrogen and oxygen atoms in total. The van der Waals surface area contributed by atoms with E-state index in [1.54, 1.807) is 12.1 Å². The number of hydrogen-bond acceptors (Lipinski definition) is 6. The van der Waals surface area contributed by atoms with Gasteiger partial charge in [-0.05, 0) is 34.4 Å².